The predicted octanol–water partition coefficient (Wildman–Crippen LogP) is 5.16. The molecule has 0 aliphatic carbocycles. The first-order valence-corrected chi connectivity index (χ1v) is 9.92. The Morgan fingerprint density at radius 1 is 1.03 bits per heavy atom. The zero-order valence-corrected chi connectivity index (χ0v) is 16.7. The van der Waals surface area contributed by atoms with E-state index in [0.717, 1.165) is 16.9 Å². The average Bonchev–Trinajstić information content (AvgIpc) is 3.37. The number of benzene rings is 2. The summed E-state index contributed by atoms with van der Waals surface area (Å²) in [7, 11) is 0. The Morgan fingerprint density at radius 3 is 2.52 bits per heavy atom. The molecule has 2 heterocycles. The molecule has 0 unspecified atom stereocenters. The van der Waals surface area contributed by atoms with Crippen molar-refractivity contribution in [3.05, 3.63) is 82.9 Å². The lowest BCUT2D eigenvalue weighted by atomic mass is 10.2. The lowest BCUT2D eigenvalue weighted by Crippen LogP contribution is -2.15. The second-order valence-corrected chi connectivity index (χ2v) is 7.21. The number of fused-ring (bicyclic) bond motifs is 1. The number of anilines is 1. The monoisotopic (exact) mass is 437 g/mol. The molecule has 0 aliphatic heterocycles. The molecular weight excluding hydrogens is 422 g/mol. The van der Waals surface area contributed by atoms with Gasteiger partial charge in [-0.1, -0.05) is 48.5 Å². The fraction of sp³-hybridized carbons (Fsp3) is 0.0455. The number of hydrogen-bond acceptors (Lipinski definition) is 7. The number of carboxylic acids is 1. The van der Waals surface area contributed by atoms with Crippen molar-refractivity contribution in [1.29, 1.82) is 0 Å². The van der Waals surface area contributed by atoms with E-state index in [-0.39, 0.29) is 28.7 Å². The van der Waals surface area contributed by atoms with Crippen molar-refractivity contribution in [1.82, 2.24) is 0 Å². The number of para-hydroxylation sites is 1. The molecule has 0 fully saturated rings. The van der Waals surface area contributed by atoms with Crippen molar-refractivity contribution in [3.8, 4) is 5.75 Å². The Bertz CT molecular complexity index is 1230. The highest BCUT2D eigenvalue weighted by molar-refractivity contribution is 7.15. The van der Waals surface area contributed by atoms with Gasteiger partial charge in [0, 0.05) is 10.8 Å². The largest absolute Gasteiger partial charge is 0.477 e. The maximum atomic E-state index is 12.4. The second-order valence-electron chi connectivity index (χ2n) is 6.33. The van der Waals surface area contributed by atoms with Crippen molar-refractivity contribution in [2.24, 2.45) is 0 Å². The van der Waals surface area contributed by atoms with Gasteiger partial charge in [0.05, 0.1) is 0 Å². The normalized spacial score (nSPS) is 10.6. The van der Waals surface area contributed by atoms with Crippen LogP contribution in [0.25, 0.3) is 11.0 Å². The van der Waals surface area contributed by atoms with Crippen LogP contribution >= 0.6 is 11.3 Å². The van der Waals surface area contributed by atoms with Crippen LogP contribution in [-0.2, 0) is 11.3 Å². The molecule has 1 amide bonds. The summed E-state index contributed by atoms with van der Waals surface area (Å²) in [6.45, 7) is 0.0222. The minimum atomic E-state index is -1.37. The molecule has 0 saturated heterocycles. The smallest absolute Gasteiger partial charge is 0.412 e. The quantitative estimate of drug-likeness (QED) is 0.400. The number of carboxylic acid groups (broad SMARTS) is 1. The number of furan rings is 1. The maximum Gasteiger partial charge on any atom is 0.412 e. The second kappa shape index (κ2) is 8.72. The number of aromatic carboxylic acids is 1. The van der Waals surface area contributed by atoms with E-state index < -0.39 is 18.0 Å². The molecule has 4 aromatic rings. The van der Waals surface area contributed by atoms with E-state index in [2.05, 4.69) is 5.32 Å². The lowest BCUT2D eigenvalue weighted by Gasteiger charge is -2.07. The molecule has 2 aromatic carbocycles. The first-order valence-electron chi connectivity index (χ1n) is 9.04. The number of hydrogen-bond donors (Lipinski definition) is 2. The number of esters is 1. The van der Waals surface area contributed by atoms with Gasteiger partial charge in [-0.2, -0.15) is 0 Å². The number of amides is 1. The van der Waals surface area contributed by atoms with Gasteiger partial charge >= 0.3 is 18.0 Å². The van der Waals surface area contributed by atoms with Gasteiger partial charge in [0.25, 0.3) is 0 Å². The number of nitrogens with one attached hydrogen (secondary N) is 1. The number of ether oxygens (including phenoxy) is 2. The van der Waals surface area contributed by atoms with Gasteiger partial charge in [0.1, 0.15) is 22.8 Å². The Kier molecular flexibility index (Phi) is 5.67. The van der Waals surface area contributed by atoms with Crippen LogP contribution in [0.2, 0.25) is 0 Å². The predicted molar refractivity (Wildman–Crippen MR) is 113 cm³/mol. The van der Waals surface area contributed by atoms with E-state index >= 15 is 0 Å². The van der Waals surface area contributed by atoms with Gasteiger partial charge in [-0.05, 0) is 17.7 Å². The molecule has 0 saturated carbocycles. The summed E-state index contributed by atoms with van der Waals surface area (Å²) in [6, 6.07) is 17.6. The van der Waals surface area contributed by atoms with E-state index in [1.165, 1.54) is 11.4 Å². The first kappa shape index (κ1) is 20.2. The van der Waals surface area contributed by atoms with Crippen molar-refractivity contribution >= 4 is 45.3 Å². The van der Waals surface area contributed by atoms with E-state index in [1.54, 1.807) is 48.5 Å². The number of carbonyl (C=O) groups is 3. The molecule has 0 aliphatic rings. The molecule has 31 heavy (non-hydrogen) atoms. The molecule has 4 rings (SSSR count). The van der Waals surface area contributed by atoms with Crippen LogP contribution in [-0.4, -0.2) is 23.1 Å². The number of carbonyl (C=O) groups excluding carboxylic acids is 2. The minimum absolute atomic E-state index is 0.0158. The van der Waals surface area contributed by atoms with Crippen LogP contribution in [0.4, 0.5) is 9.80 Å². The summed E-state index contributed by atoms with van der Waals surface area (Å²) in [5, 5.41) is 13.9. The average molecular weight is 437 g/mol. The van der Waals surface area contributed by atoms with Gasteiger partial charge in [0.15, 0.2) is 5.75 Å². The molecule has 2 aromatic heterocycles. The van der Waals surface area contributed by atoms with Gasteiger partial charge in [-0.15, -0.1) is 11.3 Å². The maximum absolute atomic E-state index is 12.4. The fourth-order valence-corrected chi connectivity index (χ4v) is 3.64. The van der Waals surface area contributed by atoms with Crippen molar-refractivity contribution in [3.63, 3.8) is 0 Å². The van der Waals surface area contributed by atoms with Crippen molar-refractivity contribution in [2.75, 3.05) is 5.32 Å². The Labute approximate surface area is 179 Å². The minimum Gasteiger partial charge on any atom is -0.477 e. The van der Waals surface area contributed by atoms with E-state index in [0.29, 0.717) is 11.0 Å². The zero-order valence-electron chi connectivity index (χ0n) is 15.9. The summed E-state index contributed by atoms with van der Waals surface area (Å²) in [6.07, 6.45) is -0.830. The van der Waals surface area contributed by atoms with Crippen LogP contribution in [0.1, 0.15) is 26.5 Å². The van der Waals surface area contributed by atoms with Gasteiger partial charge in [0.2, 0.25) is 5.76 Å². The Hall–Kier alpha value is -4.11. The fourth-order valence-electron chi connectivity index (χ4n) is 2.80. The summed E-state index contributed by atoms with van der Waals surface area (Å²) >= 11 is 0.896. The highest BCUT2D eigenvalue weighted by Gasteiger charge is 2.25. The van der Waals surface area contributed by atoms with Crippen molar-refractivity contribution in [2.45, 2.75) is 6.61 Å². The van der Waals surface area contributed by atoms with Gasteiger partial charge in [-0.25, -0.2) is 14.4 Å². The first-order chi connectivity index (χ1) is 15.0. The SMILES string of the molecule is O=C(Nc1scc(OC(=O)c2cc3ccccc3o2)c1C(=O)O)OCc1ccccc1. The molecule has 8 nitrogen and oxygen atoms in total. The molecule has 0 bridgehead atoms. The molecule has 156 valence electrons. The molecule has 0 spiro atoms. The van der Waals surface area contributed by atoms with Crippen LogP contribution in [0.3, 0.4) is 0 Å². The highest BCUT2D eigenvalue weighted by Crippen LogP contribution is 2.35. The topological polar surface area (TPSA) is 115 Å². The van der Waals surface area contributed by atoms with E-state index in [4.69, 9.17) is 13.9 Å². The van der Waals surface area contributed by atoms with Crippen LogP contribution in [0, 0.1) is 0 Å². The zero-order chi connectivity index (χ0) is 21.8. The standard InChI is InChI=1S/C22H15NO7S/c24-20(25)18-17(30-21(26)16-10-14-8-4-5-9-15(14)29-16)12-31-19(18)23-22(27)28-11-13-6-2-1-3-7-13/h1-10,12H,11H2,(H,23,27)(H,24,25). The number of rotatable bonds is 6. The van der Waals surface area contributed by atoms with Crippen molar-refractivity contribution < 1.29 is 33.4 Å². The van der Waals surface area contributed by atoms with Crippen LogP contribution in [0.5, 0.6) is 5.75 Å². The number of thiophene rings is 1. The van der Waals surface area contributed by atoms with E-state index in [1.807, 2.05) is 6.07 Å². The molecule has 0 atom stereocenters. The summed E-state index contributed by atoms with van der Waals surface area (Å²) < 4.78 is 15.8. The molecule has 2 N–H and O–H groups in total. The van der Waals surface area contributed by atoms with Crippen LogP contribution in [0.15, 0.2) is 70.5 Å². The van der Waals surface area contributed by atoms with Crippen LogP contribution < -0.4 is 10.1 Å². The van der Waals surface area contributed by atoms with Gasteiger partial charge < -0.3 is 19.0 Å². The summed E-state index contributed by atoms with van der Waals surface area (Å²) in [5.74, 6) is -2.50. The Morgan fingerprint density at radius 2 is 1.77 bits per heavy atom. The third-order valence-corrected chi connectivity index (χ3v) is 5.10. The summed E-state index contributed by atoms with van der Waals surface area (Å²) in [4.78, 5) is 36.2. The molecule has 0 radical (unpaired) electrons. The molecule has 9 heteroatoms. The van der Waals surface area contributed by atoms with Gasteiger partial charge in [-0.3, -0.25) is 5.32 Å². The third kappa shape index (κ3) is 4.57. The van der Waals surface area contributed by atoms with E-state index in [9.17, 15) is 19.5 Å². The summed E-state index contributed by atoms with van der Waals surface area (Å²) in [5.41, 5.74) is 0.926. The third-order valence-electron chi connectivity index (χ3n) is 4.23. The Balaban J connectivity index is 1.47. The molecular formula is C22H15NO7S. The lowest BCUT2D eigenvalue weighted by molar-refractivity contribution is 0.0673. The highest BCUT2D eigenvalue weighted by atomic mass is 32.1.